The van der Waals surface area contributed by atoms with Crippen molar-refractivity contribution in [3.63, 3.8) is 0 Å². The predicted octanol–water partition coefficient (Wildman–Crippen LogP) is 3.30. The van der Waals surface area contributed by atoms with Gasteiger partial charge in [0.1, 0.15) is 12.4 Å². The zero-order valence-corrected chi connectivity index (χ0v) is 18.3. The van der Waals surface area contributed by atoms with Gasteiger partial charge in [-0.3, -0.25) is 4.79 Å². The summed E-state index contributed by atoms with van der Waals surface area (Å²) in [6.07, 6.45) is 8.62. The number of benzene rings is 1. The molecule has 1 aliphatic heterocycles. The highest BCUT2D eigenvalue weighted by atomic mass is 32.2. The lowest BCUT2D eigenvalue weighted by Crippen LogP contribution is -2.43. The fourth-order valence-electron chi connectivity index (χ4n) is 4.57. The van der Waals surface area contributed by atoms with Crippen molar-refractivity contribution in [1.82, 2.24) is 9.21 Å². The molecule has 2 saturated carbocycles. The highest BCUT2D eigenvalue weighted by Gasteiger charge is 2.35. The van der Waals surface area contributed by atoms with Crippen LogP contribution in [0.4, 0.5) is 0 Å². The van der Waals surface area contributed by atoms with Gasteiger partial charge in [-0.15, -0.1) is 0 Å². The van der Waals surface area contributed by atoms with E-state index in [1.54, 1.807) is 4.31 Å². The second-order valence-electron chi connectivity index (χ2n) is 8.94. The standard InChI is InChI=1S/C22H32N2O4S/c1-16-15-28-21-11-8-17(13-24(20-9-10-20)29(2,26)27)12-19(21)14-23(16)22(25)18-6-4-3-5-7-18/h8,11-12,16,18,20H,3-7,9-10,13-15H2,1-2H3. The van der Waals surface area contributed by atoms with E-state index < -0.39 is 10.0 Å². The second-order valence-corrected chi connectivity index (χ2v) is 10.9. The molecular formula is C22H32N2O4S. The molecule has 1 amide bonds. The summed E-state index contributed by atoms with van der Waals surface area (Å²) in [5.74, 6) is 1.18. The van der Waals surface area contributed by atoms with Crippen molar-refractivity contribution in [3.05, 3.63) is 29.3 Å². The molecule has 1 atom stereocenters. The Kier molecular flexibility index (Phi) is 5.89. The van der Waals surface area contributed by atoms with Crippen LogP contribution >= 0.6 is 0 Å². The van der Waals surface area contributed by atoms with Crippen LogP contribution in [0, 0.1) is 5.92 Å². The molecule has 2 aliphatic carbocycles. The number of hydrogen-bond donors (Lipinski definition) is 0. The molecule has 160 valence electrons. The summed E-state index contributed by atoms with van der Waals surface area (Å²) in [5.41, 5.74) is 1.92. The molecule has 6 nitrogen and oxygen atoms in total. The van der Waals surface area contributed by atoms with Gasteiger partial charge in [0.25, 0.3) is 0 Å². The normalized spacial score (nSPS) is 23.4. The zero-order chi connectivity index (χ0) is 20.6. The smallest absolute Gasteiger partial charge is 0.226 e. The fraction of sp³-hybridized carbons (Fsp3) is 0.682. The molecule has 4 rings (SSSR count). The van der Waals surface area contributed by atoms with E-state index in [1.165, 1.54) is 12.7 Å². The summed E-state index contributed by atoms with van der Waals surface area (Å²) in [4.78, 5) is 15.2. The maximum Gasteiger partial charge on any atom is 0.226 e. The molecular weight excluding hydrogens is 388 g/mol. The number of fused-ring (bicyclic) bond motifs is 1. The van der Waals surface area contributed by atoms with Gasteiger partial charge in [0, 0.05) is 30.6 Å². The van der Waals surface area contributed by atoms with Crippen LogP contribution in [0.25, 0.3) is 0 Å². The molecule has 29 heavy (non-hydrogen) atoms. The van der Waals surface area contributed by atoms with Gasteiger partial charge in [0.2, 0.25) is 15.9 Å². The summed E-state index contributed by atoms with van der Waals surface area (Å²) < 4.78 is 31.9. The minimum absolute atomic E-state index is 0.0271. The van der Waals surface area contributed by atoms with Crippen molar-refractivity contribution in [1.29, 1.82) is 0 Å². The number of rotatable bonds is 5. The lowest BCUT2D eigenvalue weighted by Gasteiger charge is -2.32. The average Bonchev–Trinajstić information content (AvgIpc) is 3.54. The lowest BCUT2D eigenvalue weighted by atomic mass is 9.88. The van der Waals surface area contributed by atoms with E-state index in [0.29, 0.717) is 19.7 Å². The molecule has 2 fully saturated rings. The van der Waals surface area contributed by atoms with Crippen LogP contribution in [0.2, 0.25) is 0 Å². The van der Waals surface area contributed by atoms with Gasteiger partial charge >= 0.3 is 0 Å². The topological polar surface area (TPSA) is 66.9 Å². The summed E-state index contributed by atoms with van der Waals surface area (Å²) in [6, 6.07) is 6.06. The largest absolute Gasteiger partial charge is 0.491 e. The summed E-state index contributed by atoms with van der Waals surface area (Å²) >= 11 is 0. The molecule has 0 radical (unpaired) electrons. The monoisotopic (exact) mass is 420 g/mol. The minimum Gasteiger partial charge on any atom is -0.491 e. The molecule has 0 N–H and O–H groups in total. The predicted molar refractivity (Wildman–Crippen MR) is 112 cm³/mol. The van der Waals surface area contributed by atoms with Gasteiger partial charge in [-0.2, -0.15) is 4.31 Å². The van der Waals surface area contributed by atoms with E-state index in [4.69, 9.17) is 4.74 Å². The molecule has 1 aromatic carbocycles. The minimum atomic E-state index is -3.24. The maximum absolute atomic E-state index is 13.2. The first-order valence-corrected chi connectivity index (χ1v) is 12.7. The van der Waals surface area contributed by atoms with Crippen LogP contribution in [-0.4, -0.2) is 48.5 Å². The third-order valence-electron chi connectivity index (χ3n) is 6.43. The molecule has 7 heteroatoms. The van der Waals surface area contributed by atoms with Crippen molar-refractivity contribution >= 4 is 15.9 Å². The van der Waals surface area contributed by atoms with Crippen LogP contribution in [0.5, 0.6) is 5.75 Å². The van der Waals surface area contributed by atoms with Crippen LogP contribution in [0.15, 0.2) is 18.2 Å². The molecule has 1 heterocycles. The van der Waals surface area contributed by atoms with Crippen molar-refractivity contribution < 1.29 is 17.9 Å². The quantitative estimate of drug-likeness (QED) is 0.733. The van der Waals surface area contributed by atoms with E-state index in [0.717, 1.165) is 55.4 Å². The van der Waals surface area contributed by atoms with E-state index in [2.05, 4.69) is 0 Å². The highest BCUT2D eigenvalue weighted by Crippen LogP contribution is 2.33. The number of hydrogen-bond acceptors (Lipinski definition) is 4. The van der Waals surface area contributed by atoms with E-state index >= 15 is 0 Å². The number of carbonyl (C=O) groups is 1. The van der Waals surface area contributed by atoms with Crippen molar-refractivity contribution in [2.24, 2.45) is 5.92 Å². The first-order valence-electron chi connectivity index (χ1n) is 10.8. The van der Waals surface area contributed by atoms with Gasteiger partial charge in [-0.1, -0.05) is 25.3 Å². The Morgan fingerprint density at radius 3 is 2.55 bits per heavy atom. The van der Waals surface area contributed by atoms with E-state index in [1.807, 2.05) is 30.0 Å². The number of carbonyl (C=O) groups excluding carboxylic acids is 1. The Bertz CT molecular complexity index is 860. The summed E-state index contributed by atoms with van der Waals surface area (Å²) in [6.45, 7) is 3.44. The SMILES string of the molecule is CC1COc2ccc(CN(C3CC3)S(C)(=O)=O)cc2CN1C(=O)C1CCCCC1. The average molecular weight is 421 g/mol. The molecule has 1 unspecified atom stereocenters. The molecule has 0 bridgehead atoms. The van der Waals surface area contributed by atoms with Gasteiger partial charge in [0.05, 0.1) is 12.3 Å². The van der Waals surface area contributed by atoms with Crippen molar-refractivity contribution in [2.45, 2.75) is 77.0 Å². The lowest BCUT2D eigenvalue weighted by molar-refractivity contribution is -0.139. The third kappa shape index (κ3) is 4.77. The van der Waals surface area contributed by atoms with E-state index in [9.17, 15) is 13.2 Å². The Balaban J connectivity index is 1.54. The molecule has 3 aliphatic rings. The van der Waals surface area contributed by atoms with Gasteiger partial charge in [0.15, 0.2) is 0 Å². The fourth-order valence-corrected chi connectivity index (χ4v) is 5.71. The molecule has 1 aromatic rings. The first kappa shape index (κ1) is 20.7. The van der Waals surface area contributed by atoms with Crippen LogP contribution in [0.1, 0.15) is 63.0 Å². The number of ether oxygens (including phenoxy) is 1. The third-order valence-corrected chi connectivity index (χ3v) is 7.71. The number of nitrogens with zero attached hydrogens (tertiary/aromatic N) is 2. The highest BCUT2D eigenvalue weighted by molar-refractivity contribution is 7.88. The summed E-state index contributed by atoms with van der Waals surface area (Å²) in [5, 5.41) is 0. The van der Waals surface area contributed by atoms with E-state index in [-0.39, 0.29) is 23.9 Å². The van der Waals surface area contributed by atoms with Crippen molar-refractivity contribution in [2.75, 3.05) is 12.9 Å². The van der Waals surface area contributed by atoms with Crippen LogP contribution in [-0.2, 0) is 27.9 Å². The molecule has 0 aromatic heterocycles. The molecule has 0 saturated heterocycles. The Hall–Kier alpha value is -1.60. The Morgan fingerprint density at radius 2 is 1.90 bits per heavy atom. The summed E-state index contributed by atoms with van der Waals surface area (Å²) in [7, 11) is -3.24. The zero-order valence-electron chi connectivity index (χ0n) is 17.5. The van der Waals surface area contributed by atoms with Gasteiger partial charge < -0.3 is 9.64 Å². The molecule has 0 spiro atoms. The number of amides is 1. The van der Waals surface area contributed by atoms with Crippen molar-refractivity contribution in [3.8, 4) is 5.75 Å². The Morgan fingerprint density at radius 1 is 1.17 bits per heavy atom. The van der Waals surface area contributed by atoms with Crippen LogP contribution in [0.3, 0.4) is 0 Å². The number of sulfonamides is 1. The van der Waals surface area contributed by atoms with Crippen LogP contribution < -0.4 is 4.74 Å². The van der Waals surface area contributed by atoms with Gasteiger partial charge in [-0.25, -0.2) is 8.42 Å². The van der Waals surface area contributed by atoms with Gasteiger partial charge in [-0.05, 0) is 50.3 Å². The second kappa shape index (κ2) is 8.26. The Labute approximate surface area is 174 Å². The maximum atomic E-state index is 13.2. The first-order chi connectivity index (χ1) is 13.8.